The van der Waals surface area contributed by atoms with Crippen molar-refractivity contribution in [1.82, 2.24) is 0 Å². The zero-order valence-electron chi connectivity index (χ0n) is 23.9. The minimum Gasteiger partial charge on any atom is -0.412 e. The molecule has 36 heavy (non-hydrogen) atoms. The second-order valence-electron chi connectivity index (χ2n) is 14.8. The van der Waals surface area contributed by atoms with Crippen LogP contribution in [0, 0.1) is 35.0 Å². The van der Waals surface area contributed by atoms with Crippen molar-refractivity contribution in [3.63, 3.8) is 0 Å². The maximum atomic E-state index is 11.7. The van der Waals surface area contributed by atoms with Gasteiger partial charge in [0.15, 0.2) is 16.8 Å². The topological polar surface area (TPSA) is 26.3 Å². The van der Waals surface area contributed by atoms with Gasteiger partial charge in [-0.05, 0) is 129 Å². The maximum Gasteiger partial charge on any atom is 0.192 e. The Labute approximate surface area is 223 Å². The monoisotopic (exact) mass is 524 g/mol. The lowest BCUT2D eigenvalue weighted by Gasteiger charge is -2.58. The van der Waals surface area contributed by atoms with Crippen LogP contribution in [0.3, 0.4) is 0 Å². The number of benzene rings is 1. The van der Waals surface area contributed by atoms with E-state index in [1.54, 1.807) is 5.57 Å². The van der Waals surface area contributed by atoms with E-state index < -0.39 is 8.32 Å². The molecular formula is C32H49O2PSi. The normalized spacial score (nSPS) is 38.8. The summed E-state index contributed by atoms with van der Waals surface area (Å²) in [6.45, 7) is 17.0. The second-order valence-corrected chi connectivity index (χ2v) is 20.2. The molecule has 1 aromatic rings. The van der Waals surface area contributed by atoms with Crippen molar-refractivity contribution in [1.29, 1.82) is 0 Å². The fraction of sp³-hybridized carbons (Fsp3) is 0.750. The van der Waals surface area contributed by atoms with Crippen molar-refractivity contribution in [3.8, 4) is 0 Å². The Morgan fingerprint density at radius 1 is 1.00 bits per heavy atom. The first-order valence-electron chi connectivity index (χ1n) is 14.7. The molecule has 0 radical (unpaired) electrons. The number of allylic oxidation sites excluding steroid dienone is 2. The van der Waals surface area contributed by atoms with Gasteiger partial charge in [-0.3, -0.25) is 4.57 Å². The fourth-order valence-electron chi connectivity index (χ4n) is 8.81. The van der Waals surface area contributed by atoms with Crippen LogP contribution >= 0.6 is 8.46 Å². The maximum absolute atomic E-state index is 11.7. The van der Waals surface area contributed by atoms with E-state index in [9.17, 15) is 4.57 Å². The van der Waals surface area contributed by atoms with Gasteiger partial charge in [-0.2, -0.15) is 0 Å². The molecule has 198 valence electrons. The number of rotatable bonds is 5. The summed E-state index contributed by atoms with van der Waals surface area (Å²) in [5, 5.41) is 1.24. The molecule has 2 nitrogen and oxygen atoms in total. The summed E-state index contributed by atoms with van der Waals surface area (Å²) in [5.41, 5.74) is 3.29. The minimum absolute atomic E-state index is 0.0799. The molecule has 0 heterocycles. The molecular weight excluding hydrogens is 475 g/mol. The molecule has 3 fully saturated rings. The van der Waals surface area contributed by atoms with Crippen LogP contribution in [0.4, 0.5) is 0 Å². The van der Waals surface area contributed by atoms with Crippen LogP contribution in [0.1, 0.15) is 91.5 Å². The summed E-state index contributed by atoms with van der Waals surface area (Å²) in [4.78, 5) is 0. The van der Waals surface area contributed by atoms with Gasteiger partial charge in [-0.15, -0.1) is 0 Å². The highest BCUT2D eigenvalue weighted by molar-refractivity contribution is 7.34. The van der Waals surface area contributed by atoms with E-state index in [4.69, 9.17) is 4.43 Å². The number of hydrogen-bond donors (Lipinski definition) is 0. The summed E-state index contributed by atoms with van der Waals surface area (Å²) >= 11 is 0. The molecule has 0 N–H and O–H groups in total. The highest BCUT2D eigenvalue weighted by atomic mass is 31.1. The predicted molar refractivity (Wildman–Crippen MR) is 155 cm³/mol. The van der Waals surface area contributed by atoms with Crippen LogP contribution in [-0.4, -0.2) is 13.9 Å². The van der Waals surface area contributed by atoms with Crippen molar-refractivity contribution in [2.75, 3.05) is 0 Å². The summed E-state index contributed by atoms with van der Waals surface area (Å²) in [5.74, 6) is 4.38. The molecule has 0 aliphatic heterocycles. The molecule has 0 bridgehead atoms. The highest BCUT2D eigenvalue weighted by Gasteiger charge is 2.56. The highest BCUT2D eigenvalue weighted by Crippen LogP contribution is 2.63. The lowest BCUT2D eigenvalue weighted by atomic mass is 9.49. The third kappa shape index (κ3) is 4.64. The van der Waals surface area contributed by atoms with E-state index >= 15 is 0 Å². The molecule has 5 rings (SSSR count). The Morgan fingerprint density at radius 3 is 2.44 bits per heavy atom. The Balaban J connectivity index is 1.28. The van der Waals surface area contributed by atoms with Gasteiger partial charge >= 0.3 is 0 Å². The third-order valence-corrected chi connectivity index (χ3v) is 17.0. The Morgan fingerprint density at radius 2 is 1.72 bits per heavy atom. The van der Waals surface area contributed by atoms with Crippen LogP contribution in [-0.2, 0) is 15.4 Å². The van der Waals surface area contributed by atoms with E-state index in [-0.39, 0.29) is 19.1 Å². The molecule has 0 aromatic heterocycles. The predicted octanol–water partition coefficient (Wildman–Crippen LogP) is 9.12. The van der Waals surface area contributed by atoms with Crippen LogP contribution in [0.25, 0.3) is 0 Å². The Hall–Kier alpha value is -0.763. The largest absolute Gasteiger partial charge is 0.412 e. The van der Waals surface area contributed by atoms with Crippen LogP contribution in [0.2, 0.25) is 18.1 Å². The molecule has 4 heteroatoms. The van der Waals surface area contributed by atoms with Gasteiger partial charge in [-0.25, -0.2) is 0 Å². The summed E-state index contributed by atoms with van der Waals surface area (Å²) in [7, 11) is -1.61. The minimum atomic E-state index is -1.76. The molecule has 4 aliphatic rings. The number of fused-ring (bicyclic) bond motifs is 5. The molecule has 0 unspecified atom stereocenters. The first-order valence-corrected chi connectivity index (χ1v) is 18.4. The smallest absolute Gasteiger partial charge is 0.192 e. The first-order chi connectivity index (χ1) is 16.9. The van der Waals surface area contributed by atoms with E-state index in [2.05, 4.69) is 65.9 Å². The van der Waals surface area contributed by atoms with Gasteiger partial charge in [0.1, 0.15) is 0 Å². The Bertz CT molecular complexity index is 1030. The number of hydrogen-bond acceptors (Lipinski definition) is 2. The molecule has 0 amide bonds. The van der Waals surface area contributed by atoms with Crippen LogP contribution in [0.5, 0.6) is 0 Å². The SMILES string of the molecule is CC(C)(C)[Si](C)(C)O[C@]1(C)CC[C@H]2[C@H](CC[C@@H]3[C@@H]2CC[C@]2(C)C(Cc4ccccc4P=O)=CC[C@@H]32)C1. The van der Waals surface area contributed by atoms with Crippen LogP contribution in [0.15, 0.2) is 35.9 Å². The van der Waals surface area contributed by atoms with Gasteiger partial charge in [0.25, 0.3) is 0 Å². The summed E-state index contributed by atoms with van der Waals surface area (Å²) in [6.07, 6.45) is 14.3. The molecule has 3 saturated carbocycles. The van der Waals surface area contributed by atoms with E-state index in [1.807, 2.05) is 12.1 Å². The van der Waals surface area contributed by atoms with Crippen molar-refractivity contribution in [2.24, 2.45) is 35.0 Å². The zero-order valence-corrected chi connectivity index (χ0v) is 25.8. The van der Waals surface area contributed by atoms with Crippen molar-refractivity contribution in [2.45, 2.75) is 116 Å². The quantitative estimate of drug-likeness (QED) is 0.218. The molecule has 4 aliphatic carbocycles. The molecule has 0 spiro atoms. The summed E-state index contributed by atoms with van der Waals surface area (Å²) in [6, 6.07) is 8.30. The average molecular weight is 525 g/mol. The lowest BCUT2D eigenvalue weighted by Crippen LogP contribution is -2.54. The van der Waals surface area contributed by atoms with Gasteiger partial charge in [0.05, 0.1) is 5.60 Å². The molecule has 1 aromatic carbocycles. The van der Waals surface area contributed by atoms with Gasteiger partial charge in [0, 0.05) is 5.30 Å². The van der Waals surface area contributed by atoms with E-state index in [1.165, 1.54) is 56.9 Å². The zero-order chi connectivity index (χ0) is 25.9. The summed E-state index contributed by atoms with van der Waals surface area (Å²) < 4.78 is 18.8. The van der Waals surface area contributed by atoms with Crippen LogP contribution < -0.4 is 5.30 Å². The van der Waals surface area contributed by atoms with E-state index in [0.29, 0.717) is 5.41 Å². The average Bonchev–Trinajstić information content (AvgIpc) is 3.14. The fourth-order valence-corrected chi connectivity index (χ4v) is 11.0. The van der Waals surface area contributed by atoms with E-state index in [0.717, 1.165) is 41.3 Å². The Kier molecular flexibility index (Phi) is 7.05. The third-order valence-electron chi connectivity index (χ3n) is 11.7. The van der Waals surface area contributed by atoms with Crippen molar-refractivity contribution in [3.05, 3.63) is 41.5 Å². The first kappa shape index (κ1) is 26.8. The van der Waals surface area contributed by atoms with Crippen molar-refractivity contribution < 1.29 is 8.99 Å². The van der Waals surface area contributed by atoms with Gasteiger partial charge in [-0.1, -0.05) is 57.5 Å². The van der Waals surface area contributed by atoms with Gasteiger partial charge < -0.3 is 4.43 Å². The second kappa shape index (κ2) is 9.46. The molecule has 7 atom stereocenters. The standard InChI is InChI=1S/C32H49O2PSi/c1-30(2,3)36(6,7)34-31(4)18-16-25-23(21-31)12-14-27-26(25)17-19-32(5)24(13-15-28(27)32)20-22-10-8-9-11-29(22)35-33/h8-11,13,23,25-28H,12,14-21H2,1-7H3/t23-,25+,26-,27-,28+,31-,32-/m1/s1. The van der Waals surface area contributed by atoms with Gasteiger partial charge in [0.2, 0.25) is 0 Å². The van der Waals surface area contributed by atoms with Crippen molar-refractivity contribution >= 4 is 22.1 Å². The molecule has 0 saturated heterocycles. The lowest BCUT2D eigenvalue weighted by molar-refractivity contribution is -0.0864.